The first kappa shape index (κ1) is 15.2. The molecule has 0 saturated carbocycles. The summed E-state index contributed by atoms with van der Waals surface area (Å²) in [5, 5.41) is 14.3. The van der Waals surface area contributed by atoms with E-state index in [9.17, 15) is 14.9 Å². The Hall–Kier alpha value is -2.15. The summed E-state index contributed by atoms with van der Waals surface area (Å²) in [4.78, 5) is 24.6. The van der Waals surface area contributed by atoms with Crippen molar-refractivity contribution in [3.05, 3.63) is 33.9 Å². The number of nitrogens with zero attached hydrogens (tertiary/aromatic N) is 2. The molecule has 1 aromatic carbocycles. The van der Waals surface area contributed by atoms with Gasteiger partial charge >= 0.3 is 5.97 Å². The van der Waals surface area contributed by atoms with E-state index in [4.69, 9.17) is 4.74 Å². The molecule has 0 unspecified atom stereocenters. The Morgan fingerprint density at radius 1 is 1.57 bits per heavy atom. The van der Waals surface area contributed by atoms with Gasteiger partial charge in [-0.15, -0.1) is 0 Å². The molecule has 0 aromatic heterocycles. The molecule has 1 N–H and O–H groups in total. The first-order valence-electron chi connectivity index (χ1n) is 6.97. The van der Waals surface area contributed by atoms with E-state index in [0.29, 0.717) is 0 Å². The lowest BCUT2D eigenvalue weighted by Crippen LogP contribution is -2.49. The summed E-state index contributed by atoms with van der Waals surface area (Å²) < 4.78 is 4.91. The molecule has 2 rings (SSSR count). The van der Waals surface area contributed by atoms with Gasteiger partial charge in [-0.05, 0) is 26.0 Å². The highest BCUT2D eigenvalue weighted by Gasteiger charge is 2.25. The van der Waals surface area contributed by atoms with E-state index in [1.54, 1.807) is 19.1 Å². The van der Waals surface area contributed by atoms with Crippen LogP contribution in [0.15, 0.2) is 18.2 Å². The molecule has 0 bridgehead atoms. The lowest BCUT2D eigenvalue weighted by atomic mass is 10.1. The zero-order valence-corrected chi connectivity index (χ0v) is 12.2. The number of benzene rings is 1. The summed E-state index contributed by atoms with van der Waals surface area (Å²) in [5.41, 5.74) is 0.586. The molecule has 7 heteroatoms. The topological polar surface area (TPSA) is 84.7 Å². The predicted molar refractivity (Wildman–Crippen MR) is 78.7 cm³/mol. The third-order valence-corrected chi connectivity index (χ3v) is 3.51. The summed E-state index contributed by atoms with van der Waals surface area (Å²) in [6.45, 7) is 6.40. The largest absolute Gasteiger partial charge is 0.462 e. The molecule has 1 heterocycles. The van der Waals surface area contributed by atoms with Crippen LogP contribution in [0.2, 0.25) is 0 Å². The van der Waals surface area contributed by atoms with Gasteiger partial charge in [0.2, 0.25) is 0 Å². The fourth-order valence-electron chi connectivity index (χ4n) is 2.46. The Morgan fingerprint density at radius 3 is 2.95 bits per heavy atom. The Kier molecular flexibility index (Phi) is 4.74. The fraction of sp³-hybridized carbons (Fsp3) is 0.500. The fourth-order valence-corrected chi connectivity index (χ4v) is 2.46. The van der Waals surface area contributed by atoms with Gasteiger partial charge in [-0.25, -0.2) is 4.79 Å². The number of carbonyl (C=O) groups is 1. The van der Waals surface area contributed by atoms with Gasteiger partial charge in [0.05, 0.1) is 11.5 Å². The Morgan fingerprint density at radius 2 is 2.33 bits per heavy atom. The number of hydrogen-bond donors (Lipinski definition) is 1. The van der Waals surface area contributed by atoms with Crippen LogP contribution in [0.3, 0.4) is 0 Å². The molecule has 1 fully saturated rings. The van der Waals surface area contributed by atoms with Crippen molar-refractivity contribution in [2.24, 2.45) is 0 Å². The van der Waals surface area contributed by atoms with E-state index in [1.807, 2.05) is 0 Å². The SMILES string of the molecule is CCOC(=O)c1cc(N2CCNC[C@H]2C)ccc1[N+](=O)[O-]. The van der Waals surface area contributed by atoms with E-state index < -0.39 is 10.9 Å². The van der Waals surface area contributed by atoms with Crippen molar-refractivity contribution < 1.29 is 14.5 Å². The number of esters is 1. The number of rotatable bonds is 4. The van der Waals surface area contributed by atoms with Crippen molar-refractivity contribution in [3.8, 4) is 0 Å². The lowest BCUT2D eigenvalue weighted by Gasteiger charge is -2.36. The zero-order chi connectivity index (χ0) is 15.4. The van der Waals surface area contributed by atoms with Crippen molar-refractivity contribution in [1.29, 1.82) is 0 Å². The molecule has 0 amide bonds. The van der Waals surface area contributed by atoms with Crippen LogP contribution in [0.1, 0.15) is 24.2 Å². The summed E-state index contributed by atoms with van der Waals surface area (Å²) in [6, 6.07) is 4.87. The maximum Gasteiger partial charge on any atom is 0.345 e. The van der Waals surface area contributed by atoms with Crippen LogP contribution in [0.4, 0.5) is 11.4 Å². The van der Waals surface area contributed by atoms with E-state index >= 15 is 0 Å². The summed E-state index contributed by atoms with van der Waals surface area (Å²) in [5.74, 6) is -0.658. The van der Waals surface area contributed by atoms with Crippen LogP contribution in [0, 0.1) is 10.1 Å². The maximum atomic E-state index is 11.9. The first-order valence-corrected chi connectivity index (χ1v) is 6.97. The van der Waals surface area contributed by atoms with Gasteiger partial charge < -0.3 is 15.0 Å². The van der Waals surface area contributed by atoms with Crippen LogP contribution >= 0.6 is 0 Å². The van der Waals surface area contributed by atoms with Crippen LogP contribution in [-0.2, 0) is 4.74 Å². The second kappa shape index (κ2) is 6.53. The second-order valence-corrected chi connectivity index (χ2v) is 4.93. The minimum Gasteiger partial charge on any atom is -0.462 e. The monoisotopic (exact) mass is 293 g/mol. The molecular weight excluding hydrogens is 274 g/mol. The Bertz CT molecular complexity index is 547. The van der Waals surface area contributed by atoms with Crippen molar-refractivity contribution in [3.63, 3.8) is 0 Å². The summed E-state index contributed by atoms with van der Waals surface area (Å²) in [6.07, 6.45) is 0. The highest BCUT2D eigenvalue weighted by molar-refractivity contribution is 5.95. The highest BCUT2D eigenvalue weighted by atomic mass is 16.6. The van der Waals surface area contributed by atoms with E-state index in [-0.39, 0.29) is 23.9 Å². The molecule has 1 saturated heterocycles. The average molecular weight is 293 g/mol. The third-order valence-electron chi connectivity index (χ3n) is 3.51. The summed E-state index contributed by atoms with van der Waals surface area (Å²) >= 11 is 0. The molecule has 1 aliphatic rings. The number of carbonyl (C=O) groups excluding carboxylic acids is 1. The molecule has 0 spiro atoms. The van der Waals surface area contributed by atoms with Crippen molar-refractivity contribution in [2.45, 2.75) is 19.9 Å². The molecule has 1 aliphatic heterocycles. The third kappa shape index (κ3) is 3.30. The minimum absolute atomic E-state index is 0.00471. The van der Waals surface area contributed by atoms with Gasteiger partial charge in [-0.2, -0.15) is 0 Å². The normalized spacial score (nSPS) is 18.4. The van der Waals surface area contributed by atoms with Crippen molar-refractivity contribution in [2.75, 3.05) is 31.1 Å². The van der Waals surface area contributed by atoms with Crippen molar-refractivity contribution >= 4 is 17.3 Å². The zero-order valence-electron chi connectivity index (χ0n) is 12.2. The average Bonchev–Trinajstić information content (AvgIpc) is 2.47. The number of nitro benzene ring substituents is 1. The number of ether oxygens (including phenoxy) is 1. The van der Waals surface area contributed by atoms with Crippen LogP contribution in [-0.4, -0.2) is 43.2 Å². The Labute approximate surface area is 123 Å². The van der Waals surface area contributed by atoms with Crippen LogP contribution in [0.25, 0.3) is 0 Å². The van der Waals surface area contributed by atoms with Gasteiger partial charge in [0, 0.05) is 37.4 Å². The molecule has 0 aliphatic carbocycles. The minimum atomic E-state index is -0.658. The molecule has 1 aromatic rings. The number of nitro groups is 1. The smallest absolute Gasteiger partial charge is 0.345 e. The molecule has 1 atom stereocenters. The van der Waals surface area contributed by atoms with Gasteiger partial charge in [0.15, 0.2) is 0 Å². The predicted octanol–water partition coefficient (Wildman–Crippen LogP) is 1.57. The number of hydrogen-bond acceptors (Lipinski definition) is 6. The number of nitrogens with one attached hydrogen (secondary N) is 1. The lowest BCUT2D eigenvalue weighted by molar-refractivity contribution is -0.385. The molecular formula is C14H19N3O4. The second-order valence-electron chi connectivity index (χ2n) is 4.93. The van der Waals surface area contributed by atoms with Crippen LogP contribution < -0.4 is 10.2 Å². The molecule has 114 valence electrons. The van der Waals surface area contributed by atoms with Crippen molar-refractivity contribution in [1.82, 2.24) is 5.32 Å². The van der Waals surface area contributed by atoms with E-state index in [1.165, 1.54) is 6.07 Å². The first-order chi connectivity index (χ1) is 10.0. The number of anilines is 1. The standard InChI is InChI=1S/C14H19N3O4/c1-3-21-14(18)12-8-11(4-5-13(12)17(19)20)16-7-6-15-9-10(16)2/h4-5,8,10,15H,3,6-7,9H2,1-2H3/t10-/m1/s1. The van der Waals surface area contributed by atoms with Gasteiger partial charge in [-0.3, -0.25) is 10.1 Å². The molecule has 7 nitrogen and oxygen atoms in total. The van der Waals surface area contributed by atoms with Gasteiger partial charge in [0.1, 0.15) is 5.56 Å². The number of piperazine rings is 1. The highest BCUT2D eigenvalue weighted by Crippen LogP contribution is 2.27. The van der Waals surface area contributed by atoms with Gasteiger partial charge in [-0.1, -0.05) is 0 Å². The maximum absolute atomic E-state index is 11.9. The quantitative estimate of drug-likeness (QED) is 0.515. The Balaban J connectivity index is 2.38. The summed E-state index contributed by atoms with van der Waals surface area (Å²) in [7, 11) is 0. The molecule has 0 radical (unpaired) electrons. The van der Waals surface area contributed by atoms with Gasteiger partial charge in [0.25, 0.3) is 5.69 Å². The molecule has 21 heavy (non-hydrogen) atoms. The van der Waals surface area contributed by atoms with Crippen LogP contribution in [0.5, 0.6) is 0 Å². The van der Waals surface area contributed by atoms with E-state index in [0.717, 1.165) is 25.3 Å². The van der Waals surface area contributed by atoms with E-state index in [2.05, 4.69) is 17.1 Å².